The molecule has 2 aliphatic heterocycles. The molecule has 0 amide bonds. The summed E-state index contributed by atoms with van der Waals surface area (Å²) in [4.78, 5) is 3.36. The molecule has 5 aliphatic rings. The van der Waals surface area contributed by atoms with Crippen molar-refractivity contribution in [1.29, 1.82) is 0 Å². The fraction of sp³-hybridized carbons (Fsp3) is 0.625. The van der Waals surface area contributed by atoms with E-state index in [2.05, 4.69) is 59.5 Å². The third-order valence-corrected chi connectivity index (χ3v) is 16.3. The summed E-state index contributed by atoms with van der Waals surface area (Å²) in [6, 6.07) is 7.86. The second kappa shape index (κ2) is 21.1. The van der Waals surface area contributed by atoms with E-state index >= 15 is 0 Å². The molecule has 11 nitrogen and oxygen atoms in total. The van der Waals surface area contributed by atoms with Crippen molar-refractivity contribution in [2.75, 3.05) is 31.2 Å². The molecule has 1 aromatic carbocycles. The highest BCUT2D eigenvalue weighted by molar-refractivity contribution is 8.76. The third-order valence-electron chi connectivity index (χ3n) is 13.9. The smallest absolute Gasteiger partial charge is 0.161 e. The Balaban J connectivity index is 1.24. The van der Waals surface area contributed by atoms with Gasteiger partial charge in [-0.15, -0.1) is 0 Å². The van der Waals surface area contributed by atoms with Crippen LogP contribution in [-0.2, 0) is 12.8 Å². The van der Waals surface area contributed by atoms with Crippen LogP contribution in [0.2, 0.25) is 0 Å². The number of rotatable bonds is 10. The fourth-order valence-electron chi connectivity index (χ4n) is 10.5. The number of H-pyrrole nitrogens is 1. The number of aromatic nitrogens is 1. The van der Waals surface area contributed by atoms with Crippen LogP contribution in [0.3, 0.4) is 0 Å². The van der Waals surface area contributed by atoms with Crippen LogP contribution in [0, 0.1) is 47.3 Å². The lowest BCUT2D eigenvalue weighted by Gasteiger charge is -2.36. The lowest BCUT2D eigenvalue weighted by atomic mass is 9.70. The lowest BCUT2D eigenvalue weighted by molar-refractivity contribution is -0.0214. The van der Waals surface area contributed by atoms with Gasteiger partial charge in [0.25, 0.3) is 0 Å². The van der Waals surface area contributed by atoms with Gasteiger partial charge in [0, 0.05) is 84.3 Å². The van der Waals surface area contributed by atoms with Gasteiger partial charge >= 0.3 is 0 Å². The maximum absolute atomic E-state index is 12.2. The minimum Gasteiger partial charge on any atom is -0.504 e. The summed E-state index contributed by atoms with van der Waals surface area (Å²) in [5, 5.41) is 75.3. The summed E-state index contributed by atoms with van der Waals surface area (Å²) < 4.78 is 6.86. The number of fused-ring (bicyclic) bond motifs is 5. The summed E-state index contributed by atoms with van der Waals surface area (Å²) in [5.74, 6) is 7.99. The van der Waals surface area contributed by atoms with Gasteiger partial charge in [-0.05, 0) is 118 Å². The molecular formula is C48H68N4O7S2. The molecule has 0 radical (unpaired) electrons. The molecule has 61 heavy (non-hydrogen) atoms. The van der Waals surface area contributed by atoms with Gasteiger partial charge in [-0.25, -0.2) is 0 Å². The molecule has 1 fully saturated rings. The minimum atomic E-state index is -1.04. The summed E-state index contributed by atoms with van der Waals surface area (Å²) >= 11 is 0. The van der Waals surface area contributed by atoms with Gasteiger partial charge < -0.3 is 56.7 Å². The Hall–Kier alpha value is -3.06. The molecular weight excluding hydrogens is 809 g/mol. The first kappa shape index (κ1) is 45.9. The Morgan fingerprint density at radius 1 is 1.03 bits per heavy atom. The average Bonchev–Trinajstić information content (AvgIpc) is 3.70. The molecule has 13 unspecified atom stereocenters. The number of hydrogen-bond acceptors (Lipinski definition) is 12. The zero-order valence-corrected chi connectivity index (χ0v) is 37.6. The largest absolute Gasteiger partial charge is 0.504 e. The SMILES string of the molecule is CCC1C#CC2C=C3C(CC)Cc4cc(O)c(OC5CC(Cc6ccc[nH]6)C6=CCNC(N)=C6CSSCC(CO)C5O)cc4C3CC(O)C2C(O)CCC(NCC(C)O)C1. The first-order valence-corrected chi connectivity index (χ1v) is 25.1. The van der Waals surface area contributed by atoms with Crippen molar-refractivity contribution >= 4 is 21.6 Å². The molecule has 0 bridgehead atoms. The number of allylic oxidation sites excluding steroid dienone is 3. The van der Waals surface area contributed by atoms with Crippen molar-refractivity contribution in [3.8, 4) is 23.3 Å². The molecule has 2 aromatic rings. The van der Waals surface area contributed by atoms with E-state index in [9.17, 15) is 30.6 Å². The van der Waals surface area contributed by atoms with Crippen molar-refractivity contribution in [3.05, 3.63) is 82.0 Å². The van der Waals surface area contributed by atoms with Gasteiger partial charge in [-0.2, -0.15) is 0 Å². The maximum Gasteiger partial charge on any atom is 0.161 e. The number of benzene rings is 1. The third kappa shape index (κ3) is 10.8. The standard InChI is InChI=1S/C48H68N4O7S2/c1-4-28-8-9-30-18-37-29(5-2)16-31-19-42(56)44(22-38(31)39(37)21-43(57)46(30)41(55)11-10-35(15-28)52-23-27(3)54)59-45-20-32(17-34-7-6-13-50-34)36-12-14-51-48(49)40(36)26-61-60-25-33(24-53)47(45)58/h6-7,12-13,18-19,22,27-30,32-33,35,39,41,43,45-47,50-58H,4-5,10-11,14-17,20-21,23-26,49H2,1-3H3. The Morgan fingerprint density at radius 3 is 2.61 bits per heavy atom. The van der Waals surface area contributed by atoms with Crippen LogP contribution < -0.4 is 21.1 Å². The number of nitrogens with two attached hydrogens (primary N) is 1. The van der Waals surface area contributed by atoms with Gasteiger partial charge in [0.15, 0.2) is 11.5 Å². The molecule has 7 rings (SSSR count). The van der Waals surface area contributed by atoms with E-state index in [1.165, 1.54) is 5.57 Å². The molecule has 334 valence electrons. The fourth-order valence-corrected chi connectivity index (χ4v) is 13.0. The van der Waals surface area contributed by atoms with Crippen LogP contribution in [0.1, 0.15) is 88.5 Å². The normalized spacial score (nSPS) is 33.9. The summed E-state index contributed by atoms with van der Waals surface area (Å²) in [6.07, 6.45) is 8.43. The van der Waals surface area contributed by atoms with E-state index in [0.29, 0.717) is 62.5 Å². The molecule has 13 heteroatoms. The Morgan fingerprint density at radius 2 is 1.87 bits per heavy atom. The Kier molecular flexibility index (Phi) is 15.9. The topological polar surface area (TPSA) is 196 Å². The predicted octanol–water partition coefficient (Wildman–Crippen LogP) is 5.28. The molecule has 13 atom stereocenters. The second-order valence-electron chi connectivity index (χ2n) is 18.1. The maximum atomic E-state index is 12.2. The molecule has 1 saturated heterocycles. The van der Waals surface area contributed by atoms with E-state index < -0.39 is 42.4 Å². The second-order valence-corrected chi connectivity index (χ2v) is 20.6. The first-order chi connectivity index (χ1) is 29.5. The number of phenols is 1. The highest BCUT2D eigenvalue weighted by atomic mass is 33.1. The summed E-state index contributed by atoms with van der Waals surface area (Å²) in [5.41, 5.74) is 13.0. The first-order valence-electron chi connectivity index (χ1n) is 22.6. The predicted molar refractivity (Wildman–Crippen MR) is 245 cm³/mol. The van der Waals surface area contributed by atoms with Crippen molar-refractivity contribution in [2.24, 2.45) is 41.2 Å². The van der Waals surface area contributed by atoms with Gasteiger partial charge in [-0.1, -0.05) is 65.0 Å². The summed E-state index contributed by atoms with van der Waals surface area (Å²) in [7, 11) is 3.26. The van der Waals surface area contributed by atoms with Crippen molar-refractivity contribution in [3.63, 3.8) is 0 Å². The number of nitrogens with one attached hydrogen (secondary N) is 3. The lowest BCUT2D eigenvalue weighted by Crippen LogP contribution is -2.42. The van der Waals surface area contributed by atoms with Crippen LogP contribution in [-0.4, -0.2) is 103 Å². The van der Waals surface area contributed by atoms with E-state index in [1.807, 2.05) is 18.3 Å². The molecule has 0 spiro atoms. The number of aliphatic hydroxyl groups is 5. The van der Waals surface area contributed by atoms with Crippen LogP contribution in [0.4, 0.5) is 0 Å². The zero-order chi connectivity index (χ0) is 43.2. The molecule has 11 N–H and O–H groups in total. The number of dihydropyridines is 1. The monoisotopic (exact) mass is 876 g/mol. The van der Waals surface area contributed by atoms with Crippen LogP contribution >= 0.6 is 21.6 Å². The molecule has 0 saturated carbocycles. The zero-order valence-electron chi connectivity index (χ0n) is 35.9. The van der Waals surface area contributed by atoms with Crippen LogP contribution in [0.25, 0.3) is 0 Å². The van der Waals surface area contributed by atoms with Gasteiger partial charge in [-0.3, -0.25) is 0 Å². The van der Waals surface area contributed by atoms with Gasteiger partial charge in [0.05, 0.1) is 24.4 Å². The van der Waals surface area contributed by atoms with Crippen molar-refractivity contribution in [1.82, 2.24) is 15.6 Å². The Bertz CT molecular complexity index is 1940. The quantitative estimate of drug-likeness (QED) is 0.0844. The van der Waals surface area contributed by atoms with E-state index in [1.54, 1.807) is 34.6 Å². The van der Waals surface area contributed by atoms with Gasteiger partial charge in [0.1, 0.15) is 11.9 Å². The number of ether oxygens (including phenoxy) is 1. The van der Waals surface area contributed by atoms with Crippen LogP contribution in [0.5, 0.6) is 11.5 Å². The molecule has 1 aromatic heterocycles. The number of aromatic amines is 1. The van der Waals surface area contributed by atoms with E-state index in [0.717, 1.165) is 53.7 Å². The van der Waals surface area contributed by atoms with Crippen molar-refractivity contribution < 1.29 is 35.4 Å². The highest BCUT2D eigenvalue weighted by Gasteiger charge is 2.43. The Labute approximate surface area is 369 Å². The number of aromatic hydroxyl groups is 1. The molecule has 3 heterocycles. The van der Waals surface area contributed by atoms with E-state index in [-0.39, 0.29) is 53.7 Å². The number of hydrogen-bond donors (Lipinski definition) is 10. The van der Waals surface area contributed by atoms with Gasteiger partial charge in [0.2, 0.25) is 0 Å². The number of aliphatic hydroxyl groups excluding tert-OH is 5. The van der Waals surface area contributed by atoms with E-state index in [4.69, 9.17) is 10.5 Å². The molecule has 3 aliphatic carbocycles. The minimum absolute atomic E-state index is 0.00572. The van der Waals surface area contributed by atoms with Crippen LogP contribution in [0.15, 0.2) is 65.2 Å². The van der Waals surface area contributed by atoms with Crippen molar-refractivity contribution in [2.45, 2.75) is 121 Å². The average molecular weight is 877 g/mol. The highest BCUT2D eigenvalue weighted by Crippen LogP contribution is 2.51. The summed E-state index contributed by atoms with van der Waals surface area (Å²) in [6.45, 7) is 6.95. The number of phenolic OH excluding ortho intramolecular Hbond substituents is 1.